The zero-order chi connectivity index (χ0) is 34.5. The van der Waals surface area contributed by atoms with Gasteiger partial charge in [-0.2, -0.15) is 0 Å². The van der Waals surface area contributed by atoms with Crippen LogP contribution in [-0.4, -0.2) is 60.3 Å². The normalized spacial score (nSPS) is 32.4. The van der Waals surface area contributed by atoms with Gasteiger partial charge in [-0.15, -0.1) is 18.9 Å². The van der Waals surface area contributed by atoms with Gasteiger partial charge in [-0.25, -0.2) is 4.79 Å². The van der Waals surface area contributed by atoms with Crippen molar-refractivity contribution in [2.24, 2.45) is 11.8 Å². The Labute approximate surface area is 289 Å². The van der Waals surface area contributed by atoms with Gasteiger partial charge in [0, 0.05) is 44.1 Å². The molecule has 7 heteroatoms. The first-order valence-electron chi connectivity index (χ1n) is 18.4. The molecule has 7 nitrogen and oxygen atoms in total. The quantitative estimate of drug-likeness (QED) is 0.0410. The highest BCUT2D eigenvalue weighted by molar-refractivity contribution is 5.83. The Morgan fingerprint density at radius 2 is 1.60 bits per heavy atom. The summed E-state index contributed by atoms with van der Waals surface area (Å²) < 4.78 is 38.6. The smallest absolute Gasteiger partial charge is 0.331 e. The fourth-order valence-corrected chi connectivity index (χ4v) is 8.17. The molecule has 9 atom stereocenters. The predicted molar refractivity (Wildman–Crippen MR) is 188 cm³/mol. The Morgan fingerprint density at radius 3 is 2.23 bits per heavy atom. The van der Waals surface area contributed by atoms with E-state index in [1.807, 2.05) is 32.1 Å². The molecular formula is C41H58O7. The molecule has 48 heavy (non-hydrogen) atoms. The summed E-state index contributed by atoms with van der Waals surface area (Å²) >= 11 is 0. The van der Waals surface area contributed by atoms with Crippen molar-refractivity contribution < 1.29 is 33.2 Å². The molecule has 264 valence electrons. The lowest BCUT2D eigenvalue weighted by Crippen LogP contribution is -2.36. The largest absolute Gasteiger partial charge is 0.456 e. The summed E-state index contributed by atoms with van der Waals surface area (Å²) in [5.74, 6) is 1.60. The summed E-state index contributed by atoms with van der Waals surface area (Å²) in [5, 5.41) is 0. The van der Waals surface area contributed by atoms with Crippen molar-refractivity contribution in [3.05, 3.63) is 60.8 Å². The molecule has 3 saturated heterocycles. The minimum atomic E-state index is -0.616. The molecule has 0 radical (unpaired) electrons. The predicted octanol–water partition coefficient (Wildman–Crippen LogP) is 8.45. The van der Waals surface area contributed by atoms with Crippen molar-refractivity contribution in [3.63, 3.8) is 0 Å². The van der Waals surface area contributed by atoms with E-state index in [1.54, 1.807) is 0 Å². The van der Waals surface area contributed by atoms with Crippen LogP contribution in [0.1, 0.15) is 111 Å². The first-order valence-corrected chi connectivity index (χ1v) is 18.4. The zero-order valence-electron chi connectivity index (χ0n) is 29.8. The first kappa shape index (κ1) is 36.8. The van der Waals surface area contributed by atoms with Gasteiger partial charge >= 0.3 is 5.97 Å². The van der Waals surface area contributed by atoms with E-state index in [2.05, 4.69) is 39.5 Å². The summed E-state index contributed by atoms with van der Waals surface area (Å²) in [6.07, 6.45) is 23.2. The highest BCUT2D eigenvalue weighted by Gasteiger charge is 2.56. The third-order valence-electron chi connectivity index (χ3n) is 10.8. The Kier molecular flexibility index (Phi) is 12.3. The topological polar surface area (TPSA) is 75.8 Å². The molecule has 5 rings (SSSR count). The third-order valence-corrected chi connectivity index (χ3v) is 10.8. The second kappa shape index (κ2) is 16.0. The van der Waals surface area contributed by atoms with Gasteiger partial charge in [0.25, 0.3) is 0 Å². The van der Waals surface area contributed by atoms with Crippen LogP contribution in [0.3, 0.4) is 0 Å². The number of rotatable bonds is 16. The molecule has 0 bridgehead atoms. The number of esters is 1. The summed E-state index contributed by atoms with van der Waals surface area (Å²) in [4.78, 5) is 13.0. The highest BCUT2D eigenvalue weighted by atomic mass is 16.8. The highest BCUT2D eigenvalue weighted by Crippen LogP contribution is 2.49. The molecule has 0 aromatic heterocycles. The van der Waals surface area contributed by atoms with Crippen LogP contribution in [-0.2, 0) is 33.2 Å². The maximum atomic E-state index is 13.0. The van der Waals surface area contributed by atoms with Crippen molar-refractivity contribution >= 4 is 5.97 Å². The Hall–Kier alpha value is -2.47. The molecule has 0 N–H and O–H groups in total. The average Bonchev–Trinajstić information content (AvgIpc) is 3.40. The average molecular weight is 663 g/mol. The van der Waals surface area contributed by atoms with Gasteiger partial charge in [0.2, 0.25) is 0 Å². The number of hydrogen-bond acceptors (Lipinski definition) is 7. The van der Waals surface area contributed by atoms with Crippen LogP contribution in [0.25, 0.3) is 0 Å². The monoisotopic (exact) mass is 662 g/mol. The van der Waals surface area contributed by atoms with Gasteiger partial charge in [-0.3, -0.25) is 0 Å². The molecule has 2 spiro atoms. The minimum Gasteiger partial charge on any atom is -0.456 e. The number of carbonyl (C=O) groups is 1. The molecule has 5 fully saturated rings. The maximum absolute atomic E-state index is 13.0. The summed E-state index contributed by atoms with van der Waals surface area (Å²) in [7, 11) is 0. The van der Waals surface area contributed by atoms with Gasteiger partial charge in [-0.05, 0) is 74.5 Å². The molecule has 0 aromatic carbocycles. The lowest BCUT2D eigenvalue weighted by Gasteiger charge is -2.27. The van der Waals surface area contributed by atoms with Crippen LogP contribution in [0, 0.1) is 24.2 Å². The first-order chi connectivity index (χ1) is 23.0. The summed E-state index contributed by atoms with van der Waals surface area (Å²) in [6, 6.07) is 0. The number of carbonyl (C=O) groups excluding carboxylic acids is 1. The van der Waals surface area contributed by atoms with Crippen molar-refractivity contribution in [2.45, 2.75) is 165 Å². The number of allylic oxidation sites excluding steroid dienone is 3. The Balaban J connectivity index is 1.21. The molecule has 2 saturated carbocycles. The van der Waals surface area contributed by atoms with Crippen LogP contribution < -0.4 is 0 Å². The van der Waals surface area contributed by atoms with Gasteiger partial charge in [-0.1, -0.05) is 58.6 Å². The number of hydrogen-bond donors (Lipinski definition) is 0. The molecule has 3 heterocycles. The number of terminal acetylenes is 1. The van der Waals surface area contributed by atoms with Crippen molar-refractivity contribution in [1.29, 1.82) is 0 Å². The molecule has 0 aromatic rings. The van der Waals surface area contributed by atoms with Crippen LogP contribution in [0.15, 0.2) is 60.8 Å². The van der Waals surface area contributed by atoms with Crippen LogP contribution in [0.2, 0.25) is 0 Å². The molecule has 3 aliphatic heterocycles. The number of ether oxygens (including phenoxy) is 6. The molecule has 2 aliphatic carbocycles. The second-order valence-corrected chi connectivity index (χ2v) is 14.9. The van der Waals surface area contributed by atoms with E-state index < -0.39 is 11.6 Å². The van der Waals surface area contributed by atoms with E-state index in [0.717, 1.165) is 80.9 Å². The molecule has 0 unspecified atom stereocenters. The van der Waals surface area contributed by atoms with Gasteiger partial charge < -0.3 is 28.4 Å². The summed E-state index contributed by atoms with van der Waals surface area (Å²) in [6.45, 7) is 21.2. The van der Waals surface area contributed by atoms with Gasteiger partial charge in [0.05, 0.1) is 12.2 Å². The SMILES string of the molecule is C#CC[C@@H](C)[C@H](OC(=O)/C=C(C)/C=C/CC(=C)[C@H]1OC2(CCCC2)O[C@@H]1C(=C)[C@H]1OC2(CCCC2)O[C@@H]1CC=C)[C@H]1O[C@@H]1[C@H](C)CCC. The van der Waals surface area contributed by atoms with Crippen molar-refractivity contribution in [1.82, 2.24) is 0 Å². The van der Waals surface area contributed by atoms with Crippen LogP contribution in [0.4, 0.5) is 0 Å². The van der Waals surface area contributed by atoms with E-state index in [-0.39, 0.29) is 54.6 Å². The van der Waals surface area contributed by atoms with Crippen LogP contribution in [0.5, 0.6) is 0 Å². The van der Waals surface area contributed by atoms with Crippen molar-refractivity contribution in [2.75, 3.05) is 0 Å². The second-order valence-electron chi connectivity index (χ2n) is 14.9. The fraction of sp³-hybridized carbons (Fsp3) is 0.683. The van der Waals surface area contributed by atoms with Crippen LogP contribution >= 0.6 is 0 Å². The van der Waals surface area contributed by atoms with E-state index in [1.165, 1.54) is 6.08 Å². The van der Waals surface area contributed by atoms with Gasteiger partial charge in [0.1, 0.15) is 30.5 Å². The van der Waals surface area contributed by atoms with E-state index in [4.69, 9.17) is 34.8 Å². The van der Waals surface area contributed by atoms with E-state index in [9.17, 15) is 4.79 Å². The zero-order valence-corrected chi connectivity index (χ0v) is 29.8. The maximum Gasteiger partial charge on any atom is 0.331 e. The standard InChI is InChI=1S/C41H58O7/c1-9-17-28(5)34(39-35(44-39)29(6)18-10-2)43-33(42)26-27(4)20-16-21-30(7)36-38(48-41(46-36)24-14-15-25-41)31(8)37-32(19-11-3)45-40(47-37)22-12-13-23-40/h1,11,16,20,26,28-29,32,34-39H,3,7-8,10,12-15,17-19,21-25H2,2,4-6H3/b20-16+,27-26+/t28-,29-,32-,34+,35-,36-,37-,38-,39-/m1/s1. The minimum absolute atomic E-state index is 0.00628. The lowest BCUT2D eigenvalue weighted by atomic mass is 9.92. The molecule has 5 aliphatic rings. The number of epoxide rings is 1. The lowest BCUT2D eigenvalue weighted by molar-refractivity contribution is -0.171. The Bertz CT molecular complexity index is 1280. The summed E-state index contributed by atoms with van der Waals surface area (Å²) in [5.41, 5.74) is 2.53. The molecule has 0 amide bonds. The third kappa shape index (κ3) is 8.45. The fourth-order valence-electron chi connectivity index (χ4n) is 8.17. The van der Waals surface area contributed by atoms with Crippen molar-refractivity contribution in [3.8, 4) is 12.3 Å². The Morgan fingerprint density at radius 1 is 0.979 bits per heavy atom. The van der Waals surface area contributed by atoms with Gasteiger partial charge in [0.15, 0.2) is 11.6 Å². The van der Waals surface area contributed by atoms with E-state index in [0.29, 0.717) is 25.2 Å². The molecular weight excluding hydrogens is 604 g/mol. The van der Waals surface area contributed by atoms with E-state index >= 15 is 0 Å².